The van der Waals surface area contributed by atoms with Gasteiger partial charge in [0.25, 0.3) is 0 Å². The Morgan fingerprint density at radius 1 is 1.28 bits per heavy atom. The average Bonchev–Trinajstić information content (AvgIpc) is 3.28. The van der Waals surface area contributed by atoms with Crippen LogP contribution in [0.1, 0.15) is 63.3 Å². The molecule has 2 aliphatic rings. The number of hydrogen-bond donors (Lipinski definition) is 0. The smallest absolute Gasteiger partial charge is 0.240 e. The largest absolute Gasteiger partial charge is 0.308 e. The number of carbonyl (C=O) groups is 1. The minimum Gasteiger partial charge on any atom is -0.308 e. The van der Waals surface area contributed by atoms with E-state index in [1.165, 1.54) is 49.4 Å². The number of thioether (sulfide) groups is 1. The van der Waals surface area contributed by atoms with Crippen LogP contribution >= 0.6 is 11.8 Å². The van der Waals surface area contributed by atoms with Crippen molar-refractivity contribution in [2.75, 3.05) is 4.90 Å². The molecule has 0 N–H and O–H groups in total. The van der Waals surface area contributed by atoms with Gasteiger partial charge in [0.15, 0.2) is 5.16 Å². The van der Waals surface area contributed by atoms with E-state index in [-0.39, 0.29) is 17.2 Å². The number of carbonyl (C=O) groups excluding carboxylic acids is 1. The molecule has 2 atom stereocenters. The second kappa shape index (κ2) is 8.74. The van der Waals surface area contributed by atoms with Gasteiger partial charge >= 0.3 is 0 Å². The molecular formula is C23H30N4OS. The van der Waals surface area contributed by atoms with E-state index in [0.717, 1.165) is 23.1 Å². The Bertz CT molecular complexity index is 887. The average molecular weight is 411 g/mol. The molecule has 4 rings (SSSR count). The summed E-state index contributed by atoms with van der Waals surface area (Å²) in [5.41, 5.74) is 2.30. The predicted octanol–water partition coefficient (Wildman–Crippen LogP) is 4.97. The van der Waals surface area contributed by atoms with E-state index in [1.807, 2.05) is 30.0 Å². The van der Waals surface area contributed by atoms with Crippen molar-refractivity contribution >= 4 is 23.4 Å². The number of allylic oxidation sites excluding steroid dienone is 1. The molecule has 1 aliphatic carbocycles. The van der Waals surface area contributed by atoms with Gasteiger partial charge in [0.05, 0.1) is 5.25 Å². The highest BCUT2D eigenvalue weighted by molar-refractivity contribution is 8.00. The number of aromatic nitrogens is 3. The second-order valence-corrected chi connectivity index (χ2v) is 9.53. The highest BCUT2D eigenvalue weighted by atomic mass is 32.2. The molecule has 1 aromatic carbocycles. The number of anilines is 1. The molecule has 0 saturated heterocycles. The van der Waals surface area contributed by atoms with Crippen LogP contribution in [0.5, 0.6) is 0 Å². The zero-order valence-corrected chi connectivity index (χ0v) is 18.2. The molecular weight excluding hydrogens is 380 g/mol. The van der Waals surface area contributed by atoms with Crippen LogP contribution in [0.15, 0.2) is 42.1 Å². The van der Waals surface area contributed by atoms with E-state index in [1.54, 1.807) is 0 Å². The molecule has 1 aliphatic heterocycles. The maximum Gasteiger partial charge on any atom is 0.240 e. The third-order valence-corrected chi connectivity index (χ3v) is 7.17. The molecule has 1 fully saturated rings. The molecule has 0 unspecified atom stereocenters. The van der Waals surface area contributed by atoms with Gasteiger partial charge in [-0.1, -0.05) is 55.3 Å². The number of hydrogen-bond acceptors (Lipinski definition) is 4. The first-order chi connectivity index (χ1) is 14.1. The van der Waals surface area contributed by atoms with Gasteiger partial charge in [0.2, 0.25) is 5.91 Å². The third-order valence-electron chi connectivity index (χ3n) is 6.10. The van der Waals surface area contributed by atoms with Crippen LogP contribution in [0.2, 0.25) is 0 Å². The lowest BCUT2D eigenvalue weighted by atomic mass is 9.89. The van der Waals surface area contributed by atoms with Crippen molar-refractivity contribution in [2.45, 2.75) is 81.3 Å². The van der Waals surface area contributed by atoms with E-state index >= 15 is 0 Å². The molecule has 1 aromatic heterocycles. The fourth-order valence-electron chi connectivity index (χ4n) is 4.66. The van der Waals surface area contributed by atoms with E-state index in [0.29, 0.717) is 12.5 Å². The Morgan fingerprint density at radius 2 is 2.03 bits per heavy atom. The Kier molecular flexibility index (Phi) is 6.09. The summed E-state index contributed by atoms with van der Waals surface area (Å²) in [5.74, 6) is 1.67. The van der Waals surface area contributed by atoms with Gasteiger partial charge in [-0.15, -0.1) is 16.8 Å². The van der Waals surface area contributed by atoms with Crippen molar-refractivity contribution in [1.29, 1.82) is 0 Å². The maximum atomic E-state index is 13.3. The first-order valence-electron chi connectivity index (χ1n) is 10.7. The fourth-order valence-corrected chi connectivity index (χ4v) is 5.57. The second-order valence-electron chi connectivity index (χ2n) is 8.23. The summed E-state index contributed by atoms with van der Waals surface area (Å²) in [5, 5.41) is 9.62. The van der Waals surface area contributed by atoms with Gasteiger partial charge in [-0.2, -0.15) is 0 Å². The lowest BCUT2D eigenvalue weighted by Crippen LogP contribution is -2.40. The van der Waals surface area contributed by atoms with Crippen molar-refractivity contribution in [3.05, 3.63) is 48.3 Å². The Balaban J connectivity index is 1.53. The van der Waals surface area contributed by atoms with Gasteiger partial charge < -0.3 is 9.47 Å². The summed E-state index contributed by atoms with van der Waals surface area (Å²) in [6.07, 6.45) is 9.00. The van der Waals surface area contributed by atoms with Gasteiger partial charge in [0.1, 0.15) is 5.82 Å². The van der Waals surface area contributed by atoms with E-state index < -0.39 is 0 Å². The lowest BCUT2D eigenvalue weighted by molar-refractivity contribution is -0.118. The first-order valence-corrected chi connectivity index (χ1v) is 11.6. The molecule has 0 radical (unpaired) electrons. The molecule has 0 bridgehead atoms. The van der Waals surface area contributed by atoms with Crippen LogP contribution in [0.25, 0.3) is 0 Å². The lowest BCUT2D eigenvalue weighted by Gasteiger charge is -2.26. The van der Waals surface area contributed by atoms with Crippen LogP contribution in [0, 0.1) is 0 Å². The molecule has 0 spiro atoms. The van der Waals surface area contributed by atoms with Crippen molar-refractivity contribution in [3.8, 4) is 0 Å². The summed E-state index contributed by atoms with van der Waals surface area (Å²) in [6.45, 7) is 8.70. The van der Waals surface area contributed by atoms with Crippen LogP contribution in [0.4, 0.5) is 5.69 Å². The molecule has 6 heteroatoms. The molecule has 1 saturated carbocycles. The van der Waals surface area contributed by atoms with Gasteiger partial charge in [-0.3, -0.25) is 4.79 Å². The predicted molar refractivity (Wildman–Crippen MR) is 118 cm³/mol. The Labute approximate surface area is 177 Å². The molecule has 154 valence electrons. The normalized spacial score (nSPS) is 20.5. The molecule has 29 heavy (non-hydrogen) atoms. The van der Waals surface area contributed by atoms with E-state index in [4.69, 9.17) is 0 Å². The third kappa shape index (κ3) is 4.00. The standard InChI is InChI=1S/C23H30N4OS/c1-4-14-26-21(18-10-6-5-7-11-18)24-25-23(26)29-17(3)22(28)27-16(2)15-19-12-8-9-13-20(19)27/h4,8-9,12-13,16-18H,1,5-7,10-11,14-15H2,2-3H3/t16-,17+/m0/s1. The molecule has 2 heterocycles. The summed E-state index contributed by atoms with van der Waals surface area (Å²) in [4.78, 5) is 15.3. The maximum absolute atomic E-state index is 13.3. The number of rotatable bonds is 6. The summed E-state index contributed by atoms with van der Waals surface area (Å²) in [6, 6.07) is 8.41. The molecule has 2 aromatic rings. The van der Waals surface area contributed by atoms with Gasteiger partial charge in [0, 0.05) is 24.2 Å². The van der Waals surface area contributed by atoms with Crippen LogP contribution < -0.4 is 4.90 Å². The van der Waals surface area contributed by atoms with Crippen molar-refractivity contribution in [1.82, 2.24) is 14.8 Å². The number of fused-ring (bicyclic) bond motifs is 1. The first kappa shape index (κ1) is 20.2. The summed E-state index contributed by atoms with van der Waals surface area (Å²) >= 11 is 1.52. The monoisotopic (exact) mass is 410 g/mol. The van der Waals surface area contributed by atoms with Gasteiger partial charge in [-0.05, 0) is 44.7 Å². The van der Waals surface area contributed by atoms with E-state index in [2.05, 4.69) is 40.4 Å². The summed E-state index contributed by atoms with van der Waals surface area (Å²) < 4.78 is 2.17. The minimum absolute atomic E-state index is 0.139. The van der Waals surface area contributed by atoms with Crippen molar-refractivity contribution in [2.24, 2.45) is 0 Å². The summed E-state index contributed by atoms with van der Waals surface area (Å²) in [7, 11) is 0. The topological polar surface area (TPSA) is 51.0 Å². The number of para-hydroxylation sites is 1. The van der Waals surface area contributed by atoms with Gasteiger partial charge in [-0.25, -0.2) is 0 Å². The molecule has 1 amide bonds. The number of nitrogens with zero attached hydrogens (tertiary/aromatic N) is 4. The highest BCUT2D eigenvalue weighted by Crippen LogP contribution is 2.36. The molecule has 5 nitrogen and oxygen atoms in total. The Morgan fingerprint density at radius 3 is 2.79 bits per heavy atom. The van der Waals surface area contributed by atoms with Crippen molar-refractivity contribution in [3.63, 3.8) is 0 Å². The van der Waals surface area contributed by atoms with E-state index in [9.17, 15) is 4.79 Å². The Hall–Kier alpha value is -2.08. The van der Waals surface area contributed by atoms with Crippen molar-refractivity contribution < 1.29 is 4.79 Å². The highest BCUT2D eigenvalue weighted by Gasteiger charge is 2.34. The number of benzene rings is 1. The fraction of sp³-hybridized carbons (Fsp3) is 0.522. The van der Waals surface area contributed by atoms with Crippen LogP contribution in [0.3, 0.4) is 0 Å². The zero-order valence-electron chi connectivity index (χ0n) is 17.4. The van der Waals surface area contributed by atoms with Crippen LogP contribution in [-0.4, -0.2) is 32.0 Å². The minimum atomic E-state index is -0.226. The van der Waals surface area contributed by atoms with Crippen LogP contribution in [-0.2, 0) is 17.8 Å². The quantitative estimate of drug-likeness (QED) is 0.498. The SMILES string of the molecule is C=CCn1c(S[C@H](C)C(=O)N2c3ccccc3C[C@@H]2C)nnc1C1CCCCC1. The zero-order chi connectivity index (χ0) is 20.4. The number of amides is 1.